The Bertz CT molecular complexity index is 1370. The lowest BCUT2D eigenvalue weighted by molar-refractivity contribution is 0.301. The molecule has 0 aliphatic rings. The van der Waals surface area contributed by atoms with Crippen molar-refractivity contribution in [1.82, 2.24) is 9.97 Å². The molecule has 3 aromatic carbocycles. The summed E-state index contributed by atoms with van der Waals surface area (Å²) >= 11 is 0. The lowest BCUT2D eigenvalue weighted by atomic mass is 10.1. The fraction of sp³-hybridized carbons (Fsp3) is 0.125. The summed E-state index contributed by atoms with van der Waals surface area (Å²) in [6.07, 6.45) is 1.56. The van der Waals surface area contributed by atoms with E-state index in [9.17, 15) is 8.42 Å². The van der Waals surface area contributed by atoms with Gasteiger partial charge in [-0.15, -0.1) is 0 Å². The molecule has 8 heteroatoms. The van der Waals surface area contributed by atoms with Gasteiger partial charge >= 0.3 is 0 Å². The molecule has 4 aromatic rings. The first-order valence-electron chi connectivity index (χ1n) is 10.0. The topological polar surface area (TPSA) is 105 Å². The van der Waals surface area contributed by atoms with E-state index in [0.717, 1.165) is 12.8 Å². The Morgan fingerprint density at radius 1 is 0.875 bits per heavy atom. The minimum Gasteiger partial charge on any atom is -0.475 e. The Balaban J connectivity index is 1.56. The normalized spacial score (nSPS) is 11.1. The summed E-state index contributed by atoms with van der Waals surface area (Å²) in [6, 6.07) is 24.8. The van der Waals surface area contributed by atoms with Gasteiger partial charge in [0.15, 0.2) is 0 Å². The van der Waals surface area contributed by atoms with Crippen molar-refractivity contribution in [3.8, 4) is 11.9 Å². The molecule has 0 atom stereocenters. The number of rotatable bonds is 8. The lowest BCUT2D eigenvalue weighted by Crippen LogP contribution is -2.16. The molecule has 0 aliphatic heterocycles. The number of hydrogen-bond donors (Lipinski definition) is 1. The van der Waals surface area contributed by atoms with Gasteiger partial charge in [-0.2, -0.15) is 5.26 Å². The first-order valence-corrected chi connectivity index (χ1v) is 11.5. The highest BCUT2D eigenvalue weighted by Crippen LogP contribution is 2.26. The average Bonchev–Trinajstić information content (AvgIpc) is 2.82. The van der Waals surface area contributed by atoms with Crippen LogP contribution in [0.5, 0.6) is 5.88 Å². The Morgan fingerprint density at radius 3 is 2.22 bits per heavy atom. The summed E-state index contributed by atoms with van der Waals surface area (Å²) in [7, 11) is -3.94. The quantitative estimate of drug-likeness (QED) is 0.406. The number of ether oxygens (including phenoxy) is 1. The molecule has 0 spiro atoms. The minimum atomic E-state index is -3.94. The van der Waals surface area contributed by atoms with E-state index >= 15 is 0 Å². The van der Waals surface area contributed by atoms with Crippen molar-refractivity contribution in [2.75, 3.05) is 11.3 Å². The predicted octanol–water partition coefficient (Wildman–Crippen LogP) is 4.31. The Hall–Kier alpha value is -3.96. The van der Waals surface area contributed by atoms with E-state index in [4.69, 9.17) is 10.00 Å². The molecule has 0 radical (unpaired) electrons. The number of aryl methyl sites for hydroxylation is 1. The standard InChI is InChI=1S/C24H20N4O3S/c25-17-19-12-14-20(15-13-19)32(29,30)28-23-24(27-22-11-5-4-10-21(22)26-23)31-16-6-9-18-7-2-1-3-8-18/h1-5,7-8,10-15H,6,9,16H2,(H,26,28). The number of hydrogen-bond acceptors (Lipinski definition) is 6. The Kier molecular flexibility index (Phi) is 6.29. The summed E-state index contributed by atoms with van der Waals surface area (Å²) in [4.78, 5) is 8.91. The summed E-state index contributed by atoms with van der Waals surface area (Å²) in [6.45, 7) is 0.355. The Labute approximate surface area is 186 Å². The van der Waals surface area contributed by atoms with Crippen molar-refractivity contribution in [3.63, 3.8) is 0 Å². The fourth-order valence-corrected chi connectivity index (χ4v) is 4.14. The monoisotopic (exact) mass is 444 g/mol. The highest BCUT2D eigenvalue weighted by Gasteiger charge is 2.19. The van der Waals surface area contributed by atoms with Crippen molar-refractivity contribution in [2.24, 2.45) is 0 Å². The second kappa shape index (κ2) is 9.45. The van der Waals surface area contributed by atoms with Crippen LogP contribution in [0.1, 0.15) is 17.5 Å². The summed E-state index contributed by atoms with van der Waals surface area (Å²) in [5.74, 6) is 0.141. The molecule has 0 aliphatic carbocycles. The van der Waals surface area contributed by atoms with Gasteiger partial charge in [-0.3, -0.25) is 4.72 Å². The zero-order valence-electron chi connectivity index (χ0n) is 17.1. The molecule has 160 valence electrons. The third-order valence-electron chi connectivity index (χ3n) is 4.75. The largest absolute Gasteiger partial charge is 0.475 e. The number of aromatic nitrogens is 2. The van der Waals surface area contributed by atoms with Gasteiger partial charge in [0.1, 0.15) is 0 Å². The van der Waals surface area contributed by atoms with Gasteiger partial charge in [0.2, 0.25) is 5.82 Å². The molecule has 32 heavy (non-hydrogen) atoms. The molecular formula is C24H20N4O3S. The second-order valence-corrected chi connectivity index (χ2v) is 8.73. The maximum atomic E-state index is 12.9. The number of nitrogens with one attached hydrogen (secondary N) is 1. The second-order valence-electron chi connectivity index (χ2n) is 7.05. The smallest absolute Gasteiger partial charge is 0.263 e. The molecule has 0 fully saturated rings. The average molecular weight is 445 g/mol. The van der Waals surface area contributed by atoms with Crippen LogP contribution in [0.15, 0.2) is 83.8 Å². The SMILES string of the molecule is N#Cc1ccc(S(=O)(=O)Nc2nc3ccccc3nc2OCCCc2ccccc2)cc1. The van der Waals surface area contributed by atoms with Gasteiger partial charge in [-0.05, 0) is 54.8 Å². The fourth-order valence-electron chi connectivity index (χ4n) is 3.14. The van der Waals surface area contributed by atoms with Crippen LogP contribution in [0, 0.1) is 11.3 Å². The van der Waals surface area contributed by atoms with E-state index in [1.165, 1.54) is 29.8 Å². The molecule has 1 heterocycles. The van der Waals surface area contributed by atoms with Crippen LogP contribution in [0.2, 0.25) is 0 Å². The van der Waals surface area contributed by atoms with E-state index < -0.39 is 10.0 Å². The molecule has 0 unspecified atom stereocenters. The van der Waals surface area contributed by atoms with E-state index in [1.54, 1.807) is 18.2 Å². The molecule has 1 aromatic heterocycles. The predicted molar refractivity (Wildman–Crippen MR) is 122 cm³/mol. The minimum absolute atomic E-state index is 0.0153. The molecular weight excluding hydrogens is 424 g/mol. The summed E-state index contributed by atoms with van der Waals surface area (Å²) in [5.41, 5.74) is 2.72. The molecule has 0 bridgehead atoms. The number of sulfonamides is 1. The lowest BCUT2D eigenvalue weighted by Gasteiger charge is -2.13. The third-order valence-corrected chi connectivity index (χ3v) is 6.11. The number of anilines is 1. The van der Waals surface area contributed by atoms with Crippen LogP contribution in [0.4, 0.5) is 5.82 Å². The van der Waals surface area contributed by atoms with Crippen LogP contribution in [0.25, 0.3) is 11.0 Å². The first-order chi connectivity index (χ1) is 15.5. The number of nitriles is 1. The number of nitrogens with zero attached hydrogens (tertiary/aromatic N) is 3. The van der Waals surface area contributed by atoms with E-state index in [0.29, 0.717) is 23.2 Å². The molecule has 7 nitrogen and oxygen atoms in total. The summed E-state index contributed by atoms with van der Waals surface area (Å²) in [5, 5.41) is 8.93. The highest BCUT2D eigenvalue weighted by atomic mass is 32.2. The summed E-state index contributed by atoms with van der Waals surface area (Å²) < 4.78 is 34.1. The van der Waals surface area contributed by atoms with Gasteiger partial charge in [-0.25, -0.2) is 18.4 Å². The van der Waals surface area contributed by atoms with Gasteiger partial charge in [0, 0.05) is 0 Å². The van der Waals surface area contributed by atoms with Gasteiger partial charge in [0.25, 0.3) is 15.9 Å². The third kappa shape index (κ3) is 5.02. The highest BCUT2D eigenvalue weighted by molar-refractivity contribution is 7.92. The number of para-hydroxylation sites is 2. The van der Waals surface area contributed by atoms with Crippen LogP contribution in [-0.2, 0) is 16.4 Å². The van der Waals surface area contributed by atoms with E-state index in [1.807, 2.05) is 42.5 Å². The molecule has 0 saturated heterocycles. The number of benzene rings is 3. The maximum Gasteiger partial charge on any atom is 0.263 e. The van der Waals surface area contributed by atoms with Crippen molar-refractivity contribution in [2.45, 2.75) is 17.7 Å². The molecule has 0 saturated carbocycles. The van der Waals surface area contributed by atoms with Gasteiger partial charge in [0.05, 0.1) is 34.2 Å². The van der Waals surface area contributed by atoms with Crippen molar-refractivity contribution in [3.05, 3.63) is 90.0 Å². The molecule has 4 rings (SSSR count). The van der Waals surface area contributed by atoms with Crippen molar-refractivity contribution < 1.29 is 13.2 Å². The van der Waals surface area contributed by atoms with Crippen LogP contribution < -0.4 is 9.46 Å². The van der Waals surface area contributed by atoms with E-state index in [2.05, 4.69) is 14.7 Å². The Morgan fingerprint density at radius 2 is 1.53 bits per heavy atom. The van der Waals surface area contributed by atoms with Gasteiger partial charge < -0.3 is 4.74 Å². The molecule has 1 N–H and O–H groups in total. The number of fused-ring (bicyclic) bond motifs is 1. The maximum absolute atomic E-state index is 12.9. The first kappa shape index (κ1) is 21.3. The van der Waals surface area contributed by atoms with Crippen molar-refractivity contribution >= 4 is 26.9 Å². The van der Waals surface area contributed by atoms with Crippen LogP contribution in [-0.4, -0.2) is 25.0 Å². The van der Waals surface area contributed by atoms with Crippen LogP contribution in [0.3, 0.4) is 0 Å². The zero-order valence-corrected chi connectivity index (χ0v) is 17.9. The van der Waals surface area contributed by atoms with Crippen LogP contribution >= 0.6 is 0 Å². The molecule has 0 amide bonds. The van der Waals surface area contributed by atoms with Gasteiger partial charge in [-0.1, -0.05) is 42.5 Å². The van der Waals surface area contributed by atoms with Crippen molar-refractivity contribution in [1.29, 1.82) is 5.26 Å². The van der Waals surface area contributed by atoms with E-state index in [-0.39, 0.29) is 16.6 Å². The zero-order chi connectivity index (χ0) is 22.4.